The quantitative estimate of drug-likeness (QED) is 0.278. The molecule has 0 fully saturated rings. The lowest BCUT2D eigenvalue weighted by Crippen LogP contribution is -2.23. The molecule has 1 aromatic heterocycles. The van der Waals surface area contributed by atoms with Crippen molar-refractivity contribution < 1.29 is 14.0 Å². The Labute approximate surface area is 170 Å². The molecule has 29 heavy (non-hydrogen) atoms. The summed E-state index contributed by atoms with van der Waals surface area (Å²) in [5, 5.41) is 3.30. The summed E-state index contributed by atoms with van der Waals surface area (Å²) in [6, 6.07) is 10.8. The van der Waals surface area contributed by atoms with Crippen molar-refractivity contribution in [2.45, 2.75) is 18.6 Å². The Morgan fingerprint density at radius 3 is 2.72 bits per heavy atom. The van der Waals surface area contributed by atoms with E-state index in [4.69, 9.17) is 0 Å². The molecular formula is C21H18FN3O3S. The van der Waals surface area contributed by atoms with E-state index in [0.29, 0.717) is 16.1 Å². The van der Waals surface area contributed by atoms with Crippen LogP contribution in [0.3, 0.4) is 0 Å². The fourth-order valence-corrected chi connectivity index (χ4v) is 3.67. The van der Waals surface area contributed by atoms with E-state index in [1.165, 1.54) is 23.6 Å². The molecule has 2 aromatic carbocycles. The Hall–Kier alpha value is -3.26. The van der Waals surface area contributed by atoms with Gasteiger partial charge in [-0.05, 0) is 30.3 Å². The highest BCUT2D eigenvalue weighted by Gasteiger charge is 2.16. The highest BCUT2D eigenvalue weighted by molar-refractivity contribution is 7.99. The number of amides is 1. The normalized spacial score (nSPS) is 10.7. The van der Waals surface area contributed by atoms with Gasteiger partial charge >= 0.3 is 0 Å². The van der Waals surface area contributed by atoms with Crippen LogP contribution in [0.15, 0.2) is 65.1 Å². The van der Waals surface area contributed by atoms with E-state index in [9.17, 15) is 18.8 Å². The minimum atomic E-state index is -0.725. The molecule has 6 nitrogen and oxygen atoms in total. The largest absolute Gasteiger partial charge is 0.326 e. The lowest BCUT2D eigenvalue weighted by molar-refractivity contribution is -0.114. The van der Waals surface area contributed by atoms with Crippen molar-refractivity contribution in [3.8, 4) is 0 Å². The maximum atomic E-state index is 14.3. The molecule has 0 radical (unpaired) electrons. The summed E-state index contributed by atoms with van der Waals surface area (Å²) >= 11 is 1.06. The van der Waals surface area contributed by atoms with Gasteiger partial charge in [0.15, 0.2) is 10.9 Å². The van der Waals surface area contributed by atoms with Crippen molar-refractivity contribution in [1.82, 2.24) is 9.55 Å². The third-order valence-corrected chi connectivity index (χ3v) is 5.04. The number of hydrogen-bond donors (Lipinski definition) is 1. The summed E-state index contributed by atoms with van der Waals surface area (Å²) in [6.07, 6.45) is 1.57. The van der Waals surface area contributed by atoms with Crippen LogP contribution in [0.5, 0.6) is 0 Å². The van der Waals surface area contributed by atoms with E-state index in [2.05, 4.69) is 16.9 Å². The van der Waals surface area contributed by atoms with Crippen molar-refractivity contribution in [3.63, 3.8) is 0 Å². The Balaban J connectivity index is 1.85. The number of thioether (sulfide) groups is 1. The van der Waals surface area contributed by atoms with Crippen LogP contribution in [0.2, 0.25) is 0 Å². The summed E-state index contributed by atoms with van der Waals surface area (Å²) < 4.78 is 15.7. The standard InChI is InChI=1S/C21H18FN3O3S/c1-3-10-25-20(28)16-6-4-5-7-18(16)24-21(25)29-12-19(27)15-9-8-14(11-17(15)22)23-13(2)26/h3-9,11H,1,10,12H2,2H3,(H,23,26). The van der Waals surface area contributed by atoms with E-state index in [1.807, 2.05) is 0 Å². The molecule has 1 amide bonds. The lowest BCUT2D eigenvalue weighted by Gasteiger charge is -2.11. The van der Waals surface area contributed by atoms with Crippen molar-refractivity contribution in [3.05, 3.63) is 76.9 Å². The van der Waals surface area contributed by atoms with Crippen molar-refractivity contribution >= 4 is 40.0 Å². The number of rotatable bonds is 7. The molecule has 0 unspecified atom stereocenters. The molecule has 1 N–H and O–H groups in total. The monoisotopic (exact) mass is 411 g/mol. The first-order chi connectivity index (χ1) is 13.9. The first kappa shape index (κ1) is 20.5. The van der Waals surface area contributed by atoms with Gasteiger partial charge in [-0.2, -0.15) is 0 Å². The van der Waals surface area contributed by atoms with Crippen molar-refractivity contribution in [2.75, 3.05) is 11.1 Å². The van der Waals surface area contributed by atoms with Crippen LogP contribution >= 0.6 is 11.8 Å². The number of fused-ring (bicyclic) bond motifs is 1. The second-order valence-electron chi connectivity index (χ2n) is 6.20. The number of anilines is 1. The van der Waals surface area contributed by atoms with Gasteiger partial charge in [-0.25, -0.2) is 9.37 Å². The molecule has 0 aliphatic heterocycles. The van der Waals surface area contributed by atoms with E-state index in [-0.39, 0.29) is 35.0 Å². The minimum absolute atomic E-state index is 0.0926. The van der Waals surface area contributed by atoms with E-state index >= 15 is 0 Å². The highest BCUT2D eigenvalue weighted by Crippen LogP contribution is 2.21. The zero-order chi connectivity index (χ0) is 21.0. The second kappa shape index (κ2) is 8.83. The summed E-state index contributed by atoms with van der Waals surface area (Å²) in [6.45, 7) is 5.21. The maximum Gasteiger partial charge on any atom is 0.262 e. The Bertz CT molecular complexity index is 1170. The summed E-state index contributed by atoms with van der Waals surface area (Å²) in [5.41, 5.74) is 0.482. The molecule has 3 aromatic rings. The average Bonchev–Trinajstić information content (AvgIpc) is 2.68. The average molecular weight is 411 g/mol. The predicted molar refractivity (Wildman–Crippen MR) is 112 cm³/mol. The highest BCUT2D eigenvalue weighted by atomic mass is 32.2. The van der Waals surface area contributed by atoms with Crippen molar-refractivity contribution in [1.29, 1.82) is 0 Å². The number of halogens is 1. The second-order valence-corrected chi connectivity index (χ2v) is 7.15. The van der Waals surface area contributed by atoms with Crippen LogP contribution in [0.1, 0.15) is 17.3 Å². The fraction of sp³-hybridized carbons (Fsp3) is 0.143. The van der Waals surface area contributed by atoms with Crippen molar-refractivity contribution in [2.24, 2.45) is 0 Å². The van der Waals surface area contributed by atoms with Gasteiger partial charge in [0, 0.05) is 19.2 Å². The van der Waals surface area contributed by atoms with Crippen LogP contribution in [-0.2, 0) is 11.3 Å². The molecule has 0 aliphatic rings. The third-order valence-electron chi connectivity index (χ3n) is 4.06. The third kappa shape index (κ3) is 4.60. The molecule has 0 saturated heterocycles. The van der Waals surface area contributed by atoms with Gasteiger partial charge in [0.05, 0.1) is 22.2 Å². The lowest BCUT2D eigenvalue weighted by atomic mass is 10.1. The van der Waals surface area contributed by atoms with Gasteiger partial charge in [-0.3, -0.25) is 19.0 Å². The Morgan fingerprint density at radius 1 is 1.28 bits per heavy atom. The number of carbonyl (C=O) groups excluding carboxylic acids is 2. The SMILES string of the molecule is C=CCn1c(SCC(=O)c2ccc(NC(C)=O)cc2F)nc2ccccc2c1=O. The number of carbonyl (C=O) groups is 2. The molecule has 0 bridgehead atoms. The molecule has 0 atom stereocenters. The predicted octanol–water partition coefficient (Wildman–Crippen LogP) is 3.66. The molecule has 0 spiro atoms. The van der Waals surface area contributed by atoms with Crippen LogP contribution in [-0.4, -0.2) is 27.0 Å². The number of aromatic nitrogens is 2. The summed E-state index contributed by atoms with van der Waals surface area (Å²) in [5.74, 6) is -1.61. The number of Topliss-reactive ketones (excluding diaryl/α,β-unsaturated/α-hetero) is 1. The number of allylic oxidation sites excluding steroid dienone is 1. The van der Waals surface area contributed by atoms with Gasteiger partial charge in [-0.15, -0.1) is 6.58 Å². The number of hydrogen-bond acceptors (Lipinski definition) is 5. The summed E-state index contributed by atoms with van der Waals surface area (Å²) in [7, 11) is 0. The van der Waals surface area contributed by atoms with E-state index in [1.54, 1.807) is 30.3 Å². The number of ketones is 1. The molecule has 0 aliphatic carbocycles. The number of benzene rings is 2. The zero-order valence-electron chi connectivity index (χ0n) is 15.6. The fourth-order valence-electron chi connectivity index (χ4n) is 2.78. The van der Waals surface area contributed by atoms with Gasteiger partial charge in [0.2, 0.25) is 5.91 Å². The topological polar surface area (TPSA) is 81.1 Å². The van der Waals surface area contributed by atoms with Gasteiger partial charge in [-0.1, -0.05) is 30.0 Å². The summed E-state index contributed by atoms with van der Waals surface area (Å²) in [4.78, 5) is 40.8. The van der Waals surface area contributed by atoms with Gasteiger partial charge in [0.1, 0.15) is 5.82 Å². The molecular weight excluding hydrogens is 393 g/mol. The molecule has 0 saturated carbocycles. The number of para-hydroxylation sites is 1. The first-order valence-corrected chi connectivity index (χ1v) is 9.73. The van der Waals surface area contributed by atoms with Gasteiger partial charge < -0.3 is 5.32 Å². The van der Waals surface area contributed by atoms with E-state index in [0.717, 1.165) is 17.8 Å². The molecule has 1 heterocycles. The van der Waals surface area contributed by atoms with Gasteiger partial charge in [0.25, 0.3) is 5.56 Å². The Morgan fingerprint density at radius 2 is 2.03 bits per heavy atom. The molecule has 148 valence electrons. The zero-order valence-corrected chi connectivity index (χ0v) is 16.5. The maximum absolute atomic E-state index is 14.3. The van der Waals surface area contributed by atoms with Crippen LogP contribution in [0, 0.1) is 5.82 Å². The van der Waals surface area contributed by atoms with Crippen LogP contribution in [0.25, 0.3) is 10.9 Å². The minimum Gasteiger partial charge on any atom is -0.326 e. The molecule has 8 heteroatoms. The van der Waals surface area contributed by atoms with E-state index < -0.39 is 11.6 Å². The smallest absolute Gasteiger partial charge is 0.262 e. The Kier molecular flexibility index (Phi) is 6.23. The number of nitrogens with zero attached hydrogens (tertiary/aromatic N) is 2. The van der Waals surface area contributed by atoms with Crippen LogP contribution < -0.4 is 10.9 Å². The number of nitrogens with one attached hydrogen (secondary N) is 1. The first-order valence-electron chi connectivity index (χ1n) is 8.74. The van der Waals surface area contributed by atoms with Crippen LogP contribution in [0.4, 0.5) is 10.1 Å². The molecule has 3 rings (SSSR count).